The molecule has 0 unspecified atom stereocenters. The first-order valence-electron chi connectivity index (χ1n) is 9.85. The van der Waals surface area contributed by atoms with Crippen molar-refractivity contribution in [1.82, 2.24) is 10.0 Å². The molecule has 0 bridgehead atoms. The van der Waals surface area contributed by atoms with Crippen molar-refractivity contribution in [3.8, 4) is 0 Å². The van der Waals surface area contributed by atoms with Crippen molar-refractivity contribution < 1.29 is 22.7 Å². The van der Waals surface area contributed by atoms with Crippen LogP contribution in [0.3, 0.4) is 0 Å². The summed E-state index contributed by atoms with van der Waals surface area (Å²) in [5.74, 6) is -0.784. The van der Waals surface area contributed by atoms with Gasteiger partial charge in [0.25, 0.3) is 5.91 Å². The molecule has 160 valence electrons. The topological polar surface area (TPSA) is 102 Å². The number of rotatable bonds is 10. The molecular weight excluding hydrogens is 404 g/mol. The Kier molecular flexibility index (Phi) is 6.89. The lowest BCUT2D eigenvalue weighted by atomic mass is 9.96. The summed E-state index contributed by atoms with van der Waals surface area (Å²) in [7, 11) is -2.13. The highest BCUT2D eigenvalue weighted by Crippen LogP contribution is 2.47. The maximum absolute atomic E-state index is 12.0. The zero-order valence-electron chi connectivity index (χ0n) is 16.9. The fourth-order valence-electron chi connectivity index (χ4n) is 3.25. The molecule has 0 heterocycles. The fourth-order valence-corrected chi connectivity index (χ4v) is 3.98. The van der Waals surface area contributed by atoms with E-state index in [1.54, 1.807) is 12.1 Å². The number of ether oxygens (including phenoxy) is 1. The molecule has 1 amide bonds. The van der Waals surface area contributed by atoms with Crippen molar-refractivity contribution in [3.05, 3.63) is 65.7 Å². The van der Waals surface area contributed by atoms with Gasteiger partial charge in [-0.25, -0.2) is 13.1 Å². The zero-order valence-corrected chi connectivity index (χ0v) is 17.7. The van der Waals surface area contributed by atoms with E-state index in [1.807, 2.05) is 18.2 Å². The summed E-state index contributed by atoms with van der Waals surface area (Å²) in [6.45, 7) is 0.234. The van der Waals surface area contributed by atoms with E-state index < -0.39 is 16.0 Å². The third kappa shape index (κ3) is 5.67. The number of sulfonamides is 1. The molecular formula is C22H26N2O5S. The Morgan fingerprint density at radius 1 is 1.03 bits per heavy atom. The largest absolute Gasteiger partial charge is 0.456 e. The molecule has 1 aliphatic carbocycles. The second-order valence-corrected chi connectivity index (χ2v) is 9.32. The average molecular weight is 431 g/mol. The van der Waals surface area contributed by atoms with Crippen LogP contribution in [0.2, 0.25) is 0 Å². The molecule has 2 N–H and O–H groups in total. The van der Waals surface area contributed by atoms with E-state index in [0.717, 1.165) is 18.4 Å². The lowest BCUT2D eigenvalue weighted by Crippen LogP contribution is -2.35. The Morgan fingerprint density at radius 2 is 1.70 bits per heavy atom. The van der Waals surface area contributed by atoms with E-state index in [2.05, 4.69) is 22.2 Å². The molecule has 2 aromatic carbocycles. The smallest absolute Gasteiger partial charge is 0.306 e. The van der Waals surface area contributed by atoms with Crippen LogP contribution in [-0.2, 0) is 36.2 Å². The molecule has 3 rings (SSSR count). The summed E-state index contributed by atoms with van der Waals surface area (Å²) in [5, 5.41) is 2.86. The minimum atomic E-state index is -3.48. The van der Waals surface area contributed by atoms with Crippen molar-refractivity contribution in [1.29, 1.82) is 0 Å². The highest BCUT2D eigenvalue weighted by atomic mass is 32.2. The van der Waals surface area contributed by atoms with E-state index in [0.29, 0.717) is 13.0 Å². The van der Waals surface area contributed by atoms with Gasteiger partial charge in [-0.1, -0.05) is 42.5 Å². The number of amides is 1. The molecule has 1 saturated carbocycles. The van der Waals surface area contributed by atoms with Crippen LogP contribution in [0.4, 0.5) is 0 Å². The number of hydrogen-bond donors (Lipinski definition) is 2. The molecule has 1 fully saturated rings. The minimum absolute atomic E-state index is 0.00781. The Bertz CT molecular complexity index is 984. The third-order valence-electron chi connectivity index (χ3n) is 5.35. The van der Waals surface area contributed by atoms with E-state index in [-0.39, 0.29) is 29.2 Å². The Balaban J connectivity index is 1.38. The highest BCUT2D eigenvalue weighted by Gasteiger charge is 2.44. The SMILES string of the molecule is CNS(=O)(=O)c1ccc(CCC(=O)OCC(=O)NCC2(c3ccccc3)CC2)cc1. The third-order valence-corrected chi connectivity index (χ3v) is 6.78. The van der Waals surface area contributed by atoms with Crippen LogP contribution >= 0.6 is 0 Å². The maximum Gasteiger partial charge on any atom is 0.306 e. The number of aryl methyl sites for hydroxylation is 1. The molecule has 30 heavy (non-hydrogen) atoms. The highest BCUT2D eigenvalue weighted by molar-refractivity contribution is 7.89. The summed E-state index contributed by atoms with van der Waals surface area (Å²) in [6, 6.07) is 16.4. The summed E-state index contributed by atoms with van der Waals surface area (Å²) in [4.78, 5) is 24.1. The number of carbonyl (C=O) groups is 2. The van der Waals surface area contributed by atoms with Gasteiger partial charge < -0.3 is 10.1 Å². The zero-order chi connectivity index (χ0) is 21.6. The van der Waals surface area contributed by atoms with Crippen molar-refractivity contribution in [2.45, 2.75) is 36.0 Å². The van der Waals surface area contributed by atoms with Gasteiger partial charge in [-0.15, -0.1) is 0 Å². The molecule has 2 aromatic rings. The van der Waals surface area contributed by atoms with Gasteiger partial charge in [0.05, 0.1) is 4.90 Å². The second-order valence-electron chi connectivity index (χ2n) is 7.44. The van der Waals surface area contributed by atoms with Gasteiger partial charge in [0.15, 0.2) is 6.61 Å². The van der Waals surface area contributed by atoms with Crippen LogP contribution in [-0.4, -0.2) is 40.5 Å². The lowest BCUT2D eigenvalue weighted by Gasteiger charge is -2.16. The van der Waals surface area contributed by atoms with Crippen LogP contribution in [0.5, 0.6) is 0 Å². The molecule has 1 aliphatic rings. The van der Waals surface area contributed by atoms with E-state index in [9.17, 15) is 18.0 Å². The van der Waals surface area contributed by atoms with Crippen molar-refractivity contribution >= 4 is 21.9 Å². The molecule has 0 aromatic heterocycles. The Hall–Kier alpha value is -2.71. The van der Waals surface area contributed by atoms with E-state index in [4.69, 9.17) is 4.74 Å². The molecule has 0 atom stereocenters. The first-order chi connectivity index (χ1) is 14.3. The van der Waals surface area contributed by atoms with Crippen LogP contribution < -0.4 is 10.0 Å². The van der Waals surface area contributed by atoms with Gasteiger partial charge >= 0.3 is 5.97 Å². The van der Waals surface area contributed by atoms with Crippen LogP contribution in [0.15, 0.2) is 59.5 Å². The number of esters is 1. The number of hydrogen-bond acceptors (Lipinski definition) is 5. The lowest BCUT2D eigenvalue weighted by molar-refractivity contribution is -0.148. The van der Waals surface area contributed by atoms with Crippen molar-refractivity contribution in [2.24, 2.45) is 0 Å². The van der Waals surface area contributed by atoms with Crippen LogP contribution in [0, 0.1) is 0 Å². The summed E-state index contributed by atoms with van der Waals surface area (Å²) in [5.41, 5.74) is 2.04. The predicted molar refractivity (Wildman–Crippen MR) is 112 cm³/mol. The number of carbonyl (C=O) groups excluding carboxylic acids is 2. The number of nitrogens with one attached hydrogen (secondary N) is 2. The molecule has 0 spiro atoms. The molecule has 0 saturated heterocycles. The Labute approximate surface area is 176 Å². The first kappa shape index (κ1) is 22.0. The minimum Gasteiger partial charge on any atom is -0.456 e. The van der Waals surface area contributed by atoms with Crippen molar-refractivity contribution in [2.75, 3.05) is 20.2 Å². The molecule has 7 nitrogen and oxygen atoms in total. The Morgan fingerprint density at radius 3 is 2.30 bits per heavy atom. The predicted octanol–water partition coefficient (Wildman–Crippen LogP) is 1.92. The standard InChI is InChI=1S/C22H26N2O5S/c1-23-30(27,28)19-10-7-17(8-11-19)9-12-21(26)29-15-20(25)24-16-22(13-14-22)18-5-3-2-4-6-18/h2-8,10-11,23H,9,12-16H2,1H3,(H,24,25). The summed E-state index contributed by atoms with van der Waals surface area (Å²) >= 11 is 0. The molecule has 0 aliphatic heterocycles. The maximum atomic E-state index is 12.0. The van der Waals surface area contributed by atoms with Gasteiger partial charge in [0.2, 0.25) is 10.0 Å². The monoisotopic (exact) mass is 430 g/mol. The summed E-state index contributed by atoms with van der Waals surface area (Å²) in [6.07, 6.45) is 2.58. The normalized spacial score (nSPS) is 14.7. The van der Waals surface area contributed by atoms with Gasteiger partial charge in [0.1, 0.15) is 0 Å². The van der Waals surface area contributed by atoms with Gasteiger partial charge in [-0.2, -0.15) is 0 Å². The van der Waals surface area contributed by atoms with E-state index >= 15 is 0 Å². The number of benzene rings is 2. The van der Waals surface area contributed by atoms with Gasteiger partial charge in [-0.05, 0) is 49.6 Å². The summed E-state index contributed by atoms with van der Waals surface area (Å²) < 4.78 is 30.7. The first-order valence-corrected chi connectivity index (χ1v) is 11.3. The van der Waals surface area contributed by atoms with Crippen LogP contribution in [0.1, 0.15) is 30.4 Å². The van der Waals surface area contributed by atoms with Crippen LogP contribution in [0.25, 0.3) is 0 Å². The second kappa shape index (κ2) is 9.40. The van der Waals surface area contributed by atoms with Gasteiger partial charge in [-0.3, -0.25) is 9.59 Å². The van der Waals surface area contributed by atoms with E-state index in [1.165, 1.54) is 24.7 Å². The fraction of sp³-hybridized carbons (Fsp3) is 0.364. The quantitative estimate of drug-likeness (QED) is 0.561. The molecule has 0 radical (unpaired) electrons. The van der Waals surface area contributed by atoms with Crippen molar-refractivity contribution in [3.63, 3.8) is 0 Å². The molecule has 8 heteroatoms. The average Bonchev–Trinajstić information content (AvgIpc) is 3.57. The van der Waals surface area contributed by atoms with Gasteiger partial charge in [0, 0.05) is 18.4 Å².